The fourth-order valence-corrected chi connectivity index (χ4v) is 5.41. The molecule has 0 spiro atoms. The number of aliphatic carboxylic acids is 1. The number of carbonyl (C=O) groups excluding carboxylic acids is 1. The van der Waals surface area contributed by atoms with Gasteiger partial charge in [0.1, 0.15) is 11.1 Å². The zero-order chi connectivity index (χ0) is 25.5. The van der Waals surface area contributed by atoms with Crippen molar-refractivity contribution in [2.45, 2.75) is 16.6 Å². The first-order valence-electron chi connectivity index (χ1n) is 11.0. The Morgan fingerprint density at radius 2 is 1.56 bits per heavy atom. The van der Waals surface area contributed by atoms with Crippen molar-refractivity contribution in [2.75, 3.05) is 10.6 Å². The van der Waals surface area contributed by atoms with Crippen LogP contribution in [0.3, 0.4) is 0 Å². The standard InChI is InChI=1S/C27H23N3O5S/c31-26(32)18-24(19-7-2-1-3-8-19)36(34,35)23-10-6-9-22(17-23)30-27(33)20-12-14-21(15-13-20)29-25-11-4-5-16-28-25/h1-17,24H,18H2,(H,28,29)(H,30,33)(H,31,32). The van der Waals surface area contributed by atoms with Gasteiger partial charge in [-0.25, -0.2) is 13.4 Å². The van der Waals surface area contributed by atoms with Crippen molar-refractivity contribution in [3.63, 3.8) is 0 Å². The van der Waals surface area contributed by atoms with Crippen LogP contribution in [0.15, 0.2) is 108 Å². The van der Waals surface area contributed by atoms with Crippen molar-refractivity contribution in [2.24, 2.45) is 0 Å². The van der Waals surface area contributed by atoms with Gasteiger partial charge in [-0.15, -0.1) is 0 Å². The average molecular weight is 502 g/mol. The number of hydrogen-bond acceptors (Lipinski definition) is 6. The number of carboxylic acid groups (broad SMARTS) is 1. The van der Waals surface area contributed by atoms with E-state index >= 15 is 0 Å². The van der Waals surface area contributed by atoms with E-state index in [1.165, 1.54) is 18.2 Å². The second kappa shape index (κ2) is 10.8. The third-order valence-corrected chi connectivity index (χ3v) is 7.51. The molecule has 9 heteroatoms. The van der Waals surface area contributed by atoms with E-state index in [0.29, 0.717) is 16.9 Å². The van der Waals surface area contributed by atoms with Crippen molar-refractivity contribution < 1.29 is 23.1 Å². The summed E-state index contributed by atoms with van der Waals surface area (Å²) in [4.78, 5) is 28.3. The van der Waals surface area contributed by atoms with Crippen LogP contribution >= 0.6 is 0 Å². The van der Waals surface area contributed by atoms with Crippen LogP contribution in [0.1, 0.15) is 27.6 Å². The highest BCUT2D eigenvalue weighted by atomic mass is 32.2. The molecule has 182 valence electrons. The Hall–Kier alpha value is -4.50. The molecule has 1 heterocycles. The Kier molecular flexibility index (Phi) is 7.41. The van der Waals surface area contributed by atoms with Gasteiger partial charge in [0.2, 0.25) is 0 Å². The lowest BCUT2D eigenvalue weighted by atomic mass is 10.1. The summed E-state index contributed by atoms with van der Waals surface area (Å²) in [5.41, 5.74) is 1.79. The minimum absolute atomic E-state index is 0.0784. The third-order valence-electron chi connectivity index (χ3n) is 5.41. The summed E-state index contributed by atoms with van der Waals surface area (Å²) in [6.45, 7) is 0. The van der Waals surface area contributed by atoms with E-state index < -0.39 is 33.4 Å². The van der Waals surface area contributed by atoms with E-state index in [-0.39, 0.29) is 10.6 Å². The van der Waals surface area contributed by atoms with Crippen LogP contribution in [0.5, 0.6) is 0 Å². The molecule has 0 saturated carbocycles. The number of nitrogens with zero attached hydrogens (tertiary/aromatic N) is 1. The quantitative estimate of drug-likeness (QED) is 0.292. The lowest BCUT2D eigenvalue weighted by molar-refractivity contribution is -0.137. The van der Waals surface area contributed by atoms with Gasteiger partial charge >= 0.3 is 5.97 Å². The van der Waals surface area contributed by atoms with Crippen LogP contribution in [-0.2, 0) is 14.6 Å². The summed E-state index contributed by atoms with van der Waals surface area (Å²) >= 11 is 0. The fraction of sp³-hybridized carbons (Fsp3) is 0.0741. The van der Waals surface area contributed by atoms with Gasteiger partial charge in [-0.1, -0.05) is 42.5 Å². The largest absolute Gasteiger partial charge is 0.481 e. The van der Waals surface area contributed by atoms with Gasteiger partial charge in [-0.3, -0.25) is 9.59 Å². The predicted octanol–water partition coefficient (Wildman–Crippen LogP) is 5.07. The molecule has 0 radical (unpaired) electrons. The van der Waals surface area contributed by atoms with Crippen molar-refractivity contribution in [1.82, 2.24) is 4.98 Å². The van der Waals surface area contributed by atoms with Gasteiger partial charge in [0, 0.05) is 23.1 Å². The highest BCUT2D eigenvalue weighted by Gasteiger charge is 2.31. The van der Waals surface area contributed by atoms with Gasteiger partial charge < -0.3 is 15.7 Å². The Morgan fingerprint density at radius 1 is 0.833 bits per heavy atom. The number of aromatic nitrogens is 1. The maximum atomic E-state index is 13.4. The summed E-state index contributed by atoms with van der Waals surface area (Å²) in [7, 11) is -4.05. The summed E-state index contributed by atoms with van der Waals surface area (Å²) in [6.07, 6.45) is 1.09. The van der Waals surface area contributed by atoms with Crippen LogP contribution in [0.4, 0.5) is 17.2 Å². The molecule has 1 unspecified atom stereocenters. The van der Waals surface area contributed by atoms with E-state index in [1.807, 2.05) is 18.2 Å². The normalized spacial score (nSPS) is 11.9. The molecule has 3 aromatic carbocycles. The molecule has 0 saturated heterocycles. The van der Waals surface area contributed by atoms with Gasteiger partial charge in [0.15, 0.2) is 9.84 Å². The smallest absolute Gasteiger partial charge is 0.305 e. The molecule has 3 N–H and O–H groups in total. The summed E-state index contributed by atoms with van der Waals surface area (Å²) in [5, 5.41) is 13.9. The Balaban J connectivity index is 1.52. The van der Waals surface area contributed by atoms with Gasteiger partial charge in [-0.05, 0) is 60.2 Å². The molecular weight excluding hydrogens is 478 g/mol. The molecule has 0 fully saturated rings. The van der Waals surface area contributed by atoms with E-state index in [0.717, 1.165) is 5.69 Å². The van der Waals surface area contributed by atoms with Crippen LogP contribution in [-0.4, -0.2) is 30.4 Å². The minimum atomic E-state index is -4.05. The number of nitrogens with one attached hydrogen (secondary N) is 2. The number of hydrogen-bond donors (Lipinski definition) is 3. The summed E-state index contributed by atoms with van der Waals surface area (Å²) in [6, 6.07) is 26.3. The Bertz CT molecular complexity index is 1460. The SMILES string of the molecule is O=C(O)CC(c1ccccc1)S(=O)(=O)c1cccc(NC(=O)c2ccc(Nc3ccccn3)cc2)c1. The highest BCUT2D eigenvalue weighted by Crippen LogP contribution is 2.33. The molecule has 0 aliphatic heterocycles. The molecule has 4 aromatic rings. The van der Waals surface area contributed by atoms with Crippen molar-refractivity contribution in [3.8, 4) is 0 Å². The zero-order valence-electron chi connectivity index (χ0n) is 19.0. The van der Waals surface area contributed by atoms with E-state index in [9.17, 15) is 23.1 Å². The third kappa shape index (κ3) is 5.94. The first kappa shape index (κ1) is 24.6. The molecule has 36 heavy (non-hydrogen) atoms. The molecule has 8 nitrogen and oxygen atoms in total. The fourth-order valence-electron chi connectivity index (χ4n) is 3.64. The van der Waals surface area contributed by atoms with Crippen LogP contribution in [0.25, 0.3) is 0 Å². The summed E-state index contributed by atoms with van der Waals surface area (Å²) < 4.78 is 26.8. The Labute approximate surface area is 208 Å². The maximum Gasteiger partial charge on any atom is 0.305 e. The van der Waals surface area contributed by atoms with Crippen LogP contribution in [0.2, 0.25) is 0 Å². The predicted molar refractivity (Wildman–Crippen MR) is 137 cm³/mol. The highest BCUT2D eigenvalue weighted by molar-refractivity contribution is 7.91. The molecule has 1 aromatic heterocycles. The number of sulfone groups is 1. The first-order chi connectivity index (χ1) is 17.3. The van der Waals surface area contributed by atoms with Gasteiger partial charge in [0.05, 0.1) is 11.3 Å². The molecule has 0 bridgehead atoms. The van der Waals surface area contributed by atoms with Gasteiger partial charge in [0.25, 0.3) is 5.91 Å². The number of carboxylic acids is 1. The second-order valence-electron chi connectivity index (χ2n) is 7.94. The molecule has 0 aliphatic carbocycles. The van der Waals surface area contributed by atoms with Crippen molar-refractivity contribution >= 4 is 38.9 Å². The topological polar surface area (TPSA) is 125 Å². The lowest BCUT2D eigenvalue weighted by Crippen LogP contribution is -2.18. The second-order valence-corrected chi connectivity index (χ2v) is 10.1. The van der Waals surface area contributed by atoms with Crippen LogP contribution in [0, 0.1) is 0 Å². The first-order valence-corrected chi connectivity index (χ1v) is 12.6. The van der Waals surface area contributed by atoms with E-state index in [1.54, 1.807) is 66.9 Å². The van der Waals surface area contributed by atoms with Gasteiger partial charge in [-0.2, -0.15) is 0 Å². The monoisotopic (exact) mass is 501 g/mol. The molecule has 1 atom stereocenters. The van der Waals surface area contributed by atoms with Crippen molar-refractivity contribution in [3.05, 3.63) is 114 Å². The van der Waals surface area contributed by atoms with E-state index in [4.69, 9.17) is 0 Å². The number of rotatable bonds is 9. The number of benzene rings is 3. The van der Waals surface area contributed by atoms with E-state index in [2.05, 4.69) is 15.6 Å². The molecule has 0 aliphatic rings. The van der Waals surface area contributed by atoms with Crippen LogP contribution < -0.4 is 10.6 Å². The van der Waals surface area contributed by atoms with Crippen molar-refractivity contribution in [1.29, 1.82) is 0 Å². The minimum Gasteiger partial charge on any atom is -0.481 e. The zero-order valence-corrected chi connectivity index (χ0v) is 19.9. The molecule has 1 amide bonds. The number of anilines is 3. The lowest BCUT2D eigenvalue weighted by Gasteiger charge is -2.17. The number of carbonyl (C=O) groups is 2. The molecule has 4 rings (SSSR count). The number of amides is 1. The maximum absolute atomic E-state index is 13.4. The molecular formula is C27H23N3O5S. The Morgan fingerprint density at radius 3 is 2.22 bits per heavy atom. The summed E-state index contributed by atoms with van der Waals surface area (Å²) in [5.74, 6) is -0.971. The number of pyridine rings is 1. The average Bonchev–Trinajstić information content (AvgIpc) is 2.89.